The first kappa shape index (κ1) is 15.4. The van der Waals surface area contributed by atoms with E-state index in [0.717, 1.165) is 11.3 Å². The molecule has 110 valence electrons. The predicted octanol–water partition coefficient (Wildman–Crippen LogP) is 2.01. The topological polar surface area (TPSA) is 64.4 Å². The van der Waals surface area contributed by atoms with Gasteiger partial charge in [0.25, 0.3) is 0 Å². The van der Waals surface area contributed by atoms with Crippen LogP contribution in [0.2, 0.25) is 0 Å². The molecule has 3 N–H and O–H groups in total. The number of thiocarbonyl (C=S) groups is 1. The summed E-state index contributed by atoms with van der Waals surface area (Å²) in [7, 11) is 0. The van der Waals surface area contributed by atoms with Crippen molar-refractivity contribution in [3.05, 3.63) is 21.9 Å². The summed E-state index contributed by atoms with van der Waals surface area (Å²) in [6.07, 6.45) is 2.16. The molecular weight excluding hydrogens is 292 g/mol. The minimum absolute atomic E-state index is 0.0697. The molecule has 1 saturated heterocycles. The van der Waals surface area contributed by atoms with Crippen molar-refractivity contribution in [2.45, 2.75) is 32.7 Å². The van der Waals surface area contributed by atoms with Crippen molar-refractivity contribution in [1.29, 1.82) is 0 Å². The molecular formula is C14H20N2O2S2. The zero-order valence-corrected chi connectivity index (χ0v) is 13.2. The Morgan fingerprint density at radius 1 is 1.45 bits per heavy atom. The lowest BCUT2D eigenvalue weighted by atomic mass is 9.79. The van der Waals surface area contributed by atoms with Gasteiger partial charge >= 0.3 is 0 Å². The van der Waals surface area contributed by atoms with Crippen LogP contribution in [0, 0.1) is 5.41 Å². The van der Waals surface area contributed by atoms with E-state index in [2.05, 4.69) is 24.4 Å². The van der Waals surface area contributed by atoms with Gasteiger partial charge in [-0.3, -0.25) is 4.79 Å². The summed E-state index contributed by atoms with van der Waals surface area (Å²) in [6.45, 7) is 3.72. The largest absolute Gasteiger partial charge is 0.392 e. The predicted molar refractivity (Wildman–Crippen MR) is 84.8 cm³/mol. The second kappa shape index (κ2) is 6.65. The molecule has 1 aliphatic rings. The van der Waals surface area contributed by atoms with E-state index in [1.807, 2.05) is 0 Å². The molecule has 0 spiro atoms. The van der Waals surface area contributed by atoms with E-state index in [9.17, 15) is 4.79 Å². The first-order valence-electron chi connectivity index (χ1n) is 6.82. The third-order valence-corrected chi connectivity index (χ3v) is 5.36. The van der Waals surface area contributed by atoms with Gasteiger partial charge in [-0.25, -0.2) is 0 Å². The average molecular weight is 312 g/mol. The van der Waals surface area contributed by atoms with Crippen molar-refractivity contribution in [2.24, 2.45) is 11.1 Å². The number of hydrogen-bond acceptors (Lipinski definition) is 4. The van der Waals surface area contributed by atoms with Crippen LogP contribution in [0.25, 0.3) is 0 Å². The molecule has 4 nitrogen and oxygen atoms in total. The standard InChI is InChI=1S/C14H20N2O2S2/c1-2-10-3-4-11(20-10)9-16-13(17)14(12(15)19)5-7-18-8-6-14/h3-4H,2,5-9H2,1H3,(H2,15,19)(H,16,17). The molecule has 0 aromatic carbocycles. The molecule has 1 aromatic heterocycles. The number of amides is 1. The minimum Gasteiger partial charge on any atom is -0.392 e. The summed E-state index contributed by atoms with van der Waals surface area (Å²) in [6, 6.07) is 4.16. The van der Waals surface area contributed by atoms with Crippen molar-refractivity contribution in [3.63, 3.8) is 0 Å². The van der Waals surface area contributed by atoms with Crippen molar-refractivity contribution >= 4 is 34.5 Å². The lowest BCUT2D eigenvalue weighted by Crippen LogP contribution is -2.51. The maximum Gasteiger partial charge on any atom is 0.233 e. The van der Waals surface area contributed by atoms with Crippen molar-refractivity contribution in [3.8, 4) is 0 Å². The molecule has 0 radical (unpaired) electrons. The second-order valence-electron chi connectivity index (χ2n) is 4.96. The average Bonchev–Trinajstić information content (AvgIpc) is 2.93. The molecule has 2 heterocycles. The number of ether oxygens (including phenoxy) is 1. The number of rotatable bonds is 5. The molecule has 0 bridgehead atoms. The smallest absolute Gasteiger partial charge is 0.233 e. The van der Waals surface area contributed by atoms with Crippen LogP contribution in [-0.4, -0.2) is 24.1 Å². The number of carbonyl (C=O) groups excluding carboxylic acids is 1. The molecule has 1 fully saturated rings. The number of nitrogens with two attached hydrogens (primary N) is 1. The van der Waals surface area contributed by atoms with Gasteiger partial charge in [0.1, 0.15) is 5.41 Å². The van der Waals surface area contributed by atoms with Crippen molar-refractivity contribution in [1.82, 2.24) is 5.32 Å². The van der Waals surface area contributed by atoms with Gasteiger partial charge in [-0.2, -0.15) is 0 Å². The monoisotopic (exact) mass is 312 g/mol. The maximum absolute atomic E-state index is 12.5. The summed E-state index contributed by atoms with van der Waals surface area (Å²) in [4.78, 5) is 15.2. The van der Waals surface area contributed by atoms with Crippen molar-refractivity contribution < 1.29 is 9.53 Å². The Morgan fingerprint density at radius 3 is 2.65 bits per heavy atom. The SMILES string of the molecule is CCc1ccc(CNC(=O)C2(C(N)=S)CCOCC2)s1. The fourth-order valence-electron chi connectivity index (χ4n) is 2.35. The Kier molecular flexibility index (Phi) is 5.12. The van der Waals surface area contributed by atoms with Crippen LogP contribution in [0.5, 0.6) is 0 Å². The second-order valence-corrected chi connectivity index (χ2v) is 6.66. The fraction of sp³-hybridized carbons (Fsp3) is 0.571. The molecule has 0 aliphatic carbocycles. The lowest BCUT2D eigenvalue weighted by molar-refractivity contribution is -0.131. The lowest BCUT2D eigenvalue weighted by Gasteiger charge is -2.34. The molecule has 0 saturated carbocycles. The number of carbonyl (C=O) groups is 1. The van der Waals surface area contributed by atoms with Gasteiger partial charge in [-0.05, 0) is 31.4 Å². The Hall–Kier alpha value is -0.980. The molecule has 0 unspecified atom stereocenters. The molecule has 6 heteroatoms. The van der Waals surface area contributed by atoms with Crippen LogP contribution in [-0.2, 0) is 22.5 Å². The zero-order valence-electron chi connectivity index (χ0n) is 11.6. The number of thiophene rings is 1. The summed E-state index contributed by atoms with van der Waals surface area (Å²) >= 11 is 6.85. The van der Waals surface area contributed by atoms with E-state index in [4.69, 9.17) is 22.7 Å². The molecule has 1 aliphatic heterocycles. The quantitative estimate of drug-likeness (QED) is 0.816. The normalized spacial score (nSPS) is 17.6. The highest BCUT2D eigenvalue weighted by Gasteiger charge is 2.42. The van der Waals surface area contributed by atoms with E-state index in [1.54, 1.807) is 11.3 Å². The summed E-state index contributed by atoms with van der Waals surface area (Å²) in [5.41, 5.74) is 5.08. The van der Waals surface area contributed by atoms with E-state index in [1.165, 1.54) is 4.88 Å². The summed E-state index contributed by atoms with van der Waals surface area (Å²) in [5.74, 6) is -0.0697. The van der Waals surface area contributed by atoms with Crippen LogP contribution in [0.3, 0.4) is 0 Å². The zero-order chi connectivity index (χ0) is 14.6. The highest BCUT2D eigenvalue weighted by Crippen LogP contribution is 2.31. The van der Waals surface area contributed by atoms with E-state index in [0.29, 0.717) is 32.6 Å². The van der Waals surface area contributed by atoms with Crippen LogP contribution in [0.4, 0.5) is 0 Å². The van der Waals surface area contributed by atoms with Gasteiger partial charge in [0.2, 0.25) is 5.91 Å². The van der Waals surface area contributed by atoms with Gasteiger partial charge in [0.05, 0.1) is 11.5 Å². The maximum atomic E-state index is 12.5. The Labute approximate surface area is 128 Å². The van der Waals surface area contributed by atoms with E-state index in [-0.39, 0.29) is 10.9 Å². The van der Waals surface area contributed by atoms with Crippen molar-refractivity contribution in [2.75, 3.05) is 13.2 Å². The molecule has 1 amide bonds. The Balaban J connectivity index is 2.00. The van der Waals surface area contributed by atoms with Gasteiger partial charge in [-0.1, -0.05) is 19.1 Å². The van der Waals surface area contributed by atoms with Gasteiger partial charge < -0.3 is 15.8 Å². The highest BCUT2D eigenvalue weighted by molar-refractivity contribution is 7.80. The van der Waals surface area contributed by atoms with Gasteiger partial charge in [-0.15, -0.1) is 11.3 Å². The van der Waals surface area contributed by atoms with E-state index >= 15 is 0 Å². The van der Waals surface area contributed by atoms with Gasteiger partial charge in [0.15, 0.2) is 0 Å². The fourth-order valence-corrected chi connectivity index (χ4v) is 3.54. The first-order chi connectivity index (χ1) is 9.58. The minimum atomic E-state index is -0.738. The highest BCUT2D eigenvalue weighted by atomic mass is 32.1. The van der Waals surface area contributed by atoms with Crippen LogP contribution in [0.1, 0.15) is 29.5 Å². The molecule has 1 aromatic rings. The third-order valence-electron chi connectivity index (χ3n) is 3.74. The summed E-state index contributed by atoms with van der Waals surface area (Å²) < 4.78 is 5.31. The van der Waals surface area contributed by atoms with Crippen LogP contribution >= 0.6 is 23.6 Å². The molecule has 2 rings (SSSR count). The Morgan fingerprint density at radius 2 is 2.10 bits per heavy atom. The number of nitrogens with one attached hydrogen (secondary N) is 1. The van der Waals surface area contributed by atoms with Crippen LogP contribution in [0.15, 0.2) is 12.1 Å². The number of hydrogen-bond donors (Lipinski definition) is 2. The number of aryl methyl sites for hydroxylation is 1. The van der Waals surface area contributed by atoms with Crippen LogP contribution < -0.4 is 11.1 Å². The van der Waals surface area contributed by atoms with E-state index < -0.39 is 5.41 Å². The summed E-state index contributed by atoms with van der Waals surface area (Å²) in [5, 5.41) is 2.98. The van der Waals surface area contributed by atoms with Gasteiger partial charge in [0, 0.05) is 23.0 Å². The third kappa shape index (κ3) is 3.19. The first-order valence-corrected chi connectivity index (χ1v) is 8.04. The molecule has 20 heavy (non-hydrogen) atoms. The molecule has 0 atom stereocenters. The Bertz CT molecular complexity index is 493.